The predicted octanol–water partition coefficient (Wildman–Crippen LogP) is 5.29. The molecule has 1 N–H and O–H groups in total. The van der Waals surface area contributed by atoms with Gasteiger partial charge in [-0.25, -0.2) is 13.4 Å². The van der Waals surface area contributed by atoms with Crippen molar-refractivity contribution < 1.29 is 27.8 Å². The van der Waals surface area contributed by atoms with Crippen LogP contribution in [0.5, 0.6) is 0 Å². The number of piperazine rings is 1. The second kappa shape index (κ2) is 11.4. The lowest BCUT2D eigenvalue weighted by molar-refractivity contribution is -0.137. The van der Waals surface area contributed by atoms with E-state index in [1.54, 1.807) is 12.1 Å². The number of nitrogens with zero attached hydrogens (tertiary/aromatic N) is 4. The molecule has 220 valence electrons. The van der Waals surface area contributed by atoms with E-state index in [2.05, 4.69) is 19.5 Å². The molecule has 5 rings (SSSR count). The third kappa shape index (κ3) is 6.38. The monoisotopic (exact) mass is 609 g/mol. The average molecular weight is 610 g/mol. The molecule has 0 spiro atoms. The molecule has 0 unspecified atom stereocenters. The number of rotatable bonds is 6. The van der Waals surface area contributed by atoms with Crippen LogP contribution >= 0.6 is 11.6 Å². The molecule has 1 atom stereocenters. The molecule has 1 fully saturated rings. The van der Waals surface area contributed by atoms with Crippen LogP contribution in [-0.2, 0) is 27.4 Å². The summed E-state index contributed by atoms with van der Waals surface area (Å²) in [4.78, 5) is 23.0. The van der Waals surface area contributed by atoms with E-state index in [0.717, 1.165) is 48.5 Å². The van der Waals surface area contributed by atoms with Gasteiger partial charge in [0.2, 0.25) is 5.91 Å². The van der Waals surface area contributed by atoms with Crippen molar-refractivity contribution in [1.82, 2.24) is 9.88 Å². The van der Waals surface area contributed by atoms with Crippen molar-refractivity contribution in [2.45, 2.75) is 36.9 Å². The molecule has 3 aromatic rings. The number of halogens is 4. The number of aryl methyl sites for hydroxylation is 1. The molecule has 3 heterocycles. The maximum Gasteiger partial charge on any atom is 0.417 e. The third-order valence-electron chi connectivity index (χ3n) is 7.45. The highest BCUT2D eigenvalue weighted by molar-refractivity contribution is 7.92. The fourth-order valence-electron chi connectivity index (χ4n) is 5.23. The predicted molar refractivity (Wildman–Crippen MR) is 154 cm³/mol. The maximum absolute atomic E-state index is 13.4. The second-order valence-electron chi connectivity index (χ2n) is 10.1. The van der Waals surface area contributed by atoms with Gasteiger partial charge in [0, 0.05) is 56.7 Å². The third-order valence-corrected chi connectivity index (χ3v) is 9.06. The number of hydrogen-bond acceptors (Lipinski definition) is 6. The van der Waals surface area contributed by atoms with Gasteiger partial charge in [0.1, 0.15) is 11.9 Å². The summed E-state index contributed by atoms with van der Waals surface area (Å²) in [7, 11) is -4.05. The summed E-state index contributed by atoms with van der Waals surface area (Å²) in [5, 5.41) is 0.693. The lowest BCUT2D eigenvalue weighted by Crippen LogP contribution is -2.55. The van der Waals surface area contributed by atoms with Crippen molar-refractivity contribution in [3.05, 3.63) is 76.9 Å². The summed E-state index contributed by atoms with van der Waals surface area (Å²) in [5.41, 5.74) is 2.05. The number of carbonyl (C=O) groups excluding carboxylic acids is 1. The highest BCUT2D eigenvalue weighted by Crippen LogP contribution is 2.32. The molecule has 1 saturated heterocycles. The highest BCUT2D eigenvalue weighted by atomic mass is 35.5. The van der Waals surface area contributed by atoms with E-state index < -0.39 is 21.8 Å². The van der Waals surface area contributed by atoms with Gasteiger partial charge >= 0.3 is 6.18 Å². The summed E-state index contributed by atoms with van der Waals surface area (Å²) in [6, 6.07) is 13.4. The molecule has 0 saturated carbocycles. The van der Waals surface area contributed by atoms with E-state index in [4.69, 9.17) is 11.6 Å². The first kappa shape index (κ1) is 29.0. The Kier molecular flexibility index (Phi) is 8.06. The molecule has 1 amide bonds. The summed E-state index contributed by atoms with van der Waals surface area (Å²) in [6.07, 6.45) is -2.09. The Morgan fingerprint density at radius 3 is 2.37 bits per heavy atom. The smallest absolute Gasteiger partial charge is 0.368 e. The number of alkyl halides is 3. The Labute approximate surface area is 243 Å². The summed E-state index contributed by atoms with van der Waals surface area (Å²) in [6.45, 7) is 4.98. The molecule has 2 aromatic carbocycles. The minimum absolute atomic E-state index is 0. The maximum atomic E-state index is 13.4. The Morgan fingerprint density at radius 2 is 1.73 bits per heavy atom. The average Bonchev–Trinajstić information content (AvgIpc) is 2.95. The van der Waals surface area contributed by atoms with Crippen LogP contribution in [0.1, 0.15) is 25.9 Å². The number of sulfonamides is 1. The normalized spacial score (nSPS) is 16.8. The SMILES string of the molecule is C[C@H](C(=O)N1CCN(c2ccc(S(=O)(=O)Nc3ccc(C(F)(F)F)cn3)cc2)CC1)N1CCCc2cc(Cl)ccc21.[HH]. The van der Waals surface area contributed by atoms with Crippen molar-refractivity contribution in [1.29, 1.82) is 0 Å². The van der Waals surface area contributed by atoms with Crippen LogP contribution in [0.15, 0.2) is 65.7 Å². The van der Waals surface area contributed by atoms with Gasteiger partial charge < -0.3 is 14.7 Å². The Balaban J connectivity index is 0.00000405. The first-order valence-corrected chi connectivity index (χ1v) is 15.0. The van der Waals surface area contributed by atoms with E-state index in [1.807, 2.05) is 30.0 Å². The molecule has 13 heteroatoms. The van der Waals surface area contributed by atoms with Gasteiger partial charge in [0.15, 0.2) is 0 Å². The fraction of sp³-hybridized carbons (Fsp3) is 0.357. The first-order valence-electron chi connectivity index (χ1n) is 13.2. The summed E-state index contributed by atoms with van der Waals surface area (Å²) >= 11 is 6.17. The van der Waals surface area contributed by atoms with Crippen LogP contribution in [0.2, 0.25) is 5.02 Å². The molecule has 0 bridgehead atoms. The van der Waals surface area contributed by atoms with Crippen molar-refractivity contribution >= 4 is 44.7 Å². The quantitative estimate of drug-likeness (QED) is 0.409. The number of hydrogen-bond donors (Lipinski definition) is 1. The van der Waals surface area contributed by atoms with Crippen LogP contribution in [-0.4, -0.2) is 63.0 Å². The van der Waals surface area contributed by atoms with E-state index in [0.29, 0.717) is 37.4 Å². The molecular weight excluding hydrogens is 579 g/mol. The van der Waals surface area contributed by atoms with Gasteiger partial charge in [0.05, 0.1) is 10.5 Å². The van der Waals surface area contributed by atoms with Gasteiger partial charge in [-0.3, -0.25) is 9.52 Å². The van der Waals surface area contributed by atoms with Gasteiger partial charge in [-0.1, -0.05) is 11.6 Å². The van der Waals surface area contributed by atoms with Gasteiger partial charge in [-0.2, -0.15) is 13.2 Å². The first-order chi connectivity index (χ1) is 19.4. The summed E-state index contributed by atoms with van der Waals surface area (Å²) in [5.74, 6) is -0.147. The number of amides is 1. The van der Waals surface area contributed by atoms with Crippen molar-refractivity contribution in [3.8, 4) is 0 Å². The number of anilines is 3. The van der Waals surface area contributed by atoms with Gasteiger partial charge in [0.25, 0.3) is 10.0 Å². The fourth-order valence-corrected chi connectivity index (χ4v) is 6.44. The molecule has 1 aromatic heterocycles. The Hall–Kier alpha value is -3.51. The molecule has 2 aliphatic heterocycles. The number of carbonyl (C=O) groups is 1. The van der Waals surface area contributed by atoms with E-state index >= 15 is 0 Å². The zero-order chi connectivity index (χ0) is 29.4. The molecule has 0 aliphatic carbocycles. The van der Waals surface area contributed by atoms with Crippen molar-refractivity contribution in [3.63, 3.8) is 0 Å². The van der Waals surface area contributed by atoms with Crippen LogP contribution in [0, 0.1) is 0 Å². The van der Waals surface area contributed by atoms with Crippen molar-refractivity contribution in [2.24, 2.45) is 0 Å². The lowest BCUT2D eigenvalue weighted by atomic mass is 10.00. The van der Waals surface area contributed by atoms with E-state index in [9.17, 15) is 26.4 Å². The zero-order valence-corrected chi connectivity index (χ0v) is 23.8. The molecule has 2 aliphatic rings. The molecule has 0 radical (unpaired) electrons. The van der Waals surface area contributed by atoms with Gasteiger partial charge in [-0.15, -0.1) is 0 Å². The minimum Gasteiger partial charge on any atom is -0.368 e. The van der Waals surface area contributed by atoms with Gasteiger partial charge in [-0.05, 0) is 79.9 Å². The van der Waals surface area contributed by atoms with Crippen LogP contribution in [0.25, 0.3) is 0 Å². The van der Waals surface area contributed by atoms with E-state index in [1.165, 1.54) is 12.1 Å². The molecule has 8 nitrogen and oxygen atoms in total. The number of aromatic nitrogens is 1. The lowest BCUT2D eigenvalue weighted by Gasteiger charge is -2.41. The number of pyridine rings is 1. The second-order valence-corrected chi connectivity index (χ2v) is 12.2. The highest BCUT2D eigenvalue weighted by Gasteiger charge is 2.32. The minimum atomic E-state index is -4.56. The number of benzene rings is 2. The van der Waals surface area contributed by atoms with Crippen LogP contribution < -0.4 is 14.5 Å². The summed E-state index contributed by atoms with van der Waals surface area (Å²) < 4.78 is 65.9. The van der Waals surface area contributed by atoms with Crippen LogP contribution in [0.3, 0.4) is 0 Å². The largest absolute Gasteiger partial charge is 0.417 e. The number of nitrogens with one attached hydrogen (secondary N) is 1. The molecule has 41 heavy (non-hydrogen) atoms. The number of fused-ring (bicyclic) bond motifs is 1. The standard InChI is InChI=1S/C28H29ClF3N5O3S.H2/c1-19(37-12-2-3-20-17-22(29)5-10-25(20)37)27(38)36-15-13-35(14-16-36)23-6-8-24(9-7-23)41(39,40)34-26-11-4-21(18-33-26)28(30,31)32;/h4-11,17-19H,2-3,12-16H2,1H3,(H,33,34);1H/t19-;/m1./s1. The Bertz CT molecular complexity index is 1520. The zero-order valence-electron chi connectivity index (χ0n) is 22.2. The molecular formula is C28H31ClF3N5O3S. The van der Waals surface area contributed by atoms with E-state index in [-0.39, 0.29) is 24.1 Å². The van der Waals surface area contributed by atoms with Crippen LogP contribution in [0.4, 0.5) is 30.4 Å². The van der Waals surface area contributed by atoms with Crippen molar-refractivity contribution in [2.75, 3.05) is 47.2 Å². The topological polar surface area (TPSA) is 85.8 Å². The Morgan fingerprint density at radius 1 is 1.02 bits per heavy atom.